The van der Waals surface area contributed by atoms with Gasteiger partial charge in [0.15, 0.2) is 0 Å². The van der Waals surface area contributed by atoms with Crippen molar-refractivity contribution in [1.82, 2.24) is 4.90 Å². The highest BCUT2D eigenvalue weighted by Gasteiger charge is 2.32. The lowest BCUT2D eigenvalue weighted by Crippen LogP contribution is -2.36. The Labute approximate surface area is 131 Å². The minimum Gasteiger partial charge on any atom is -0.493 e. The number of benzene rings is 1. The van der Waals surface area contributed by atoms with Crippen LogP contribution in [-0.4, -0.2) is 42.6 Å². The third kappa shape index (κ3) is 5.39. The van der Waals surface area contributed by atoms with Crippen molar-refractivity contribution in [2.75, 3.05) is 19.8 Å². The van der Waals surface area contributed by atoms with E-state index in [2.05, 4.69) is 0 Å². The third-order valence-electron chi connectivity index (χ3n) is 3.50. The molecule has 0 atom stereocenters. The van der Waals surface area contributed by atoms with Crippen molar-refractivity contribution < 1.29 is 19.1 Å². The molecule has 1 aliphatic rings. The molecule has 5 heteroatoms. The quantitative estimate of drug-likeness (QED) is 0.657. The van der Waals surface area contributed by atoms with Crippen LogP contribution >= 0.6 is 0 Å². The van der Waals surface area contributed by atoms with Crippen LogP contribution in [0.3, 0.4) is 0 Å². The molecule has 0 spiro atoms. The Morgan fingerprint density at radius 3 is 2.55 bits per heavy atom. The van der Waals surface area contributed by atoms with E-state index in [4.69, 9.17) is 9.47 Å². The molecule has 1 saturated carbocycles. The smallest absolute Gasteiger partial charge is 0.307 e. The fraction of sp³-hybridized carbons (Fsp3) is 0.529. The van der Waals surface area contributed by atoms with E-state index in [0.29, 0.717) is 32.2 Å². The molecule has 22 heavy (non-hydrogen) atoms. The molecule has 1 amide bonds. The van der Waals surface area contributed by atoms with Gasteiger partial charge in [-0.3, -0.25) is 9.59 Å². The fourth-order valence-electron chi connectivity index (χ4n) is 2.26. The van der Waals surface area contributed by atoms with Crippen molar-refractivity contribution in [2.24, 2.45) is 0 Å². The van der Waals surface area contributed by atoms with Gasteiger partial charge in [0.25, 0.3) is 0 Å². The Balaban J connectivity index is 1.74. The van der Waals surface area contributed by atoms with Crippen molar-refractivity contribution in [2.45, 2.75) is 38.6 Å². The summed E-state index contributed by atoms with van der Waals surface area (Å²) in [4.78, 5) is 25.5. The molecule has 2 rings (SSSR count). The molecule has 120 valence electrons. The van der Waals surface area contributed by atoms with E-state index < -0.39 is 0 Å². The number of amides is 1. The number of ether oxygens (including phenoxy) is 2. The van der Waals surface area contributed by atoms with E-state index in [9.17, 15) is 9.59 Å². The highest BCUT2D eigenvalue weighted by Crippen LogP contribution is 2.27. The van der Waals surface area contributed by atoms with Crippen molar-refractivity contribution in [3.05, 3.63) is 30.3 Å². The molecule has 0 N–H and O–H groups in total. The molecule has 0 bridgehead atoms. The van der Waals surface area contributed by atoms with E-state index in [1.54, 1.807) is 11.8 Å². The summed E-state index contributed by atoms with van der Waals surface area (Å²) in [5, 5.41) is 0. The van der Waals surface area contributed by atoms with Crippen molar-refractivity contribution >= 4 is 11.9 Å². The SMILES string of the molecule is CCOC(=O)CCN(C(=O)CCOc1ccccc1)C1CC1. The average Bonchev–Trinajstić information content (AvgIpc) is 3.34. The van der Waals surface area contributed by atoms with E-state index in [0.717, 1.165) is 18.6 Å². The van der Waals surface area contributed by atoms with E-state index in [1.165, 1.54) is 0 Å². The second kappa shape index (κ2) is 8.41. The van der Waals surface area contributed by atoms with Gasteiger partial charge in [-0.05, 0) is 31.9 Å². The normalized spacial score (nSPS) is 13.5. The van der Waals surface area contributed by atoms with Gasteiger partial charge in [0.2, 0.25) is 5.91 Å². The second-order valence-electron chi connectivity index (χ2n) is 5.28. The topological polar surface area (TPSA) is 55.8 Å². The lowest BCUT2D eigenvalue weighted by Gasteiger charge is -2.22. The van der Waals surface area contributed by atoms with Gasteiger partial charge in [0, 0.05) is 12.6 Å². The summed E-state index contributed by atoms with van der Waals surface area (Å²) in [5.41, 5.74) is 0. The molecule has 0 saturated heterocycles. The van der Waals surface area contributed by atoms with Crippen LogP contribution in [0.15, 0.2) is 30.3 Å². The van der Waals surface area contributed by atoms with Gasteiger partial charge in [0.05, 0.1) is 26.1 Å². The lowest BCUT2D eigenvalue weighted by atomic mass is 10.3. The Morgan fingerprint density at radius 1 is 1.18 bits per heavy atom. The molecule has 1 aromatic rings. The molecule has 5 nitrogen and oxygen atoms in total. The molecule has 1 fully saturated rings. The highest BCUT2D eigenvalue weighted by molar-refractivity contribution is 5.78. The van der Waals surface area contributed by atoms with Crippen LogP contribution in [0.2, 0.25) is 0 Å². The summed E-state index contributed by atoms with van der Waals surface area (Å²) < 4.78 is 10.5. The fourth-order valence-corrected chi connectivity index (χ4v) is 2.26. The summed E-state index contributed by atoms with van der Waals surface area (Å²) in [7, 11) is 0. The van der Waals surface area contributed by atoms with Crippen LogP contribution in [0.5, 0.6) is 5.75 Å². The minimum atomic E-state index is -0.249. The molecular formula is C17H23NO4. The van der Waals surface area contributed by atoms with Gasteiger partial charge >= 0.3 is 5.97 Å². The van der Waals surface area contributed by atoms with Crippen LogP contribution in [0.1, 0.15) is 32.6 Å². The zero-order valence-corrected chi connectivity index (χ0v) is 13.0. The first-order valence-corrected chi connectivity index (χ1v) is 7.83. The Bertz CT molecular complexity index is 485. The number of carbonyl (C=O) groups excluding carboxylic acids is 2. The monoisotopic (exact) mass is 305 g/mol. The van der Waals surface area contributed by atoms with E-state index in [1.807, 2.05) is 30.3 Å². The van der Waals surface area contributed by atoms with Gasteiger partial charge < -0.3 is 14.4 Å². The van der Waals surface area contributed by atoms with Crippen LogP contribution in [-0.2, 0) is 14.3 Å². The predicted molar refractivity (Wildman–Crippen MR) is 82.5 cm³/mol. The molecule has 0 aromatic heterocycles. The largest absolute Gasteiger partial charge is 0.493 e. The summed E-state index contributed by atoms with van der Waals surface area (Å²) >= 11 is 0. The summed E-state index contributed by atoms with van der Waals surface area (Å²) in [6.07, 6.45) is 2.63. The van der Waals surface area contributed by atoms with E-state index >= 15 is 0 Å². The summed E-state index contributed by atoms with van der Waals surface area (Å²) in [6.45, 7) is 2.95. The zero-order valence-electron chi connectivity index (χ0n) is 13.0. The Hall–Kier alpha value is -2.04. The number of nitrogens with zero attached hydrogens (tertiary/aromatic N) is 1. The van der Waals surface area contributed by atoms with Crippen LogP contribution < -0.4 is 4.74 Å². The minimum absolute atomic E-state index is 0.0442. The first-order chi connectivity index (χ1) is 10.7. The first-order valence-electron chi connectivity index (χ1n) is 7.83. The van der Waals surface area contributed by atoms with Crippen LogP contribution in [0.25, 0.3) is 0 Å². The predicted octanol–water partition coefficient (Wildman–Crippen LogP) is 2.40. The maximum atomic E-state index is 12.3. The molecular weight excluding hydrogens is 282 g/mol. The Kier molecular flexibility index (Phi) is 6.25. The number of carbonyl (C=O) groups is 2. The average molecular weight is 305 g/mol. The van der Waals surface area contributed by atoms with Gasteiger partial charge in [-0.25, -0.2) is 0 Å². The summed E-state index contributed by atoms with van der Waals surface area (Å²) in [6, 6.07) is 9.73. The molecule has 1 aromatic carbocycles. The van der Waals surface area contributed by atoms with Gasteiger partial charge in [-0.2, -0.15) is 0 Å². The van der Waals surface area contributed by atoms with Gasteiger partial charge in [0.1, 0.15) is 5.75 Å². The van der Waals surface area contributed by atoms with E-state index in [-0.39, 0.29) is 18.3 Å². The van der Waals surface area contributed by atoms with Crippen molar-refractivity contribution in [1.29, 1.82) is 0 Å². The maximum absolute atomic E-state index is 12.3. The lowest BCUT2D eigenvalue weighted by molar-refractivity contribution is -0.144. The highest BCUT2D eigenvalue weighted by atomic mass is 16.5. The number of hydrogen-bond donors (Lipinski definition) is 0. The number of rotatable bonds is 9. The molecule has 1 aliphatic carbocycles. The molecule has 0 unspecified atom stereocenters. The number of para-hydroxylation sites is 1. The standard InChI is InChI=1S/C17H23NO4/c1-2-21-17(20)10-12-18(14-8-9-14)16(19)11-13-22-15-6-4-3-5-7-15/h3-7,14H,2,8-13H2,1H3. The van der Waals surface area contributed by atoms with Crippen molar-refractivity contribution in [3.63, 3.8) is 0 Å². The van der Waals surface area contributed by atoms with Crippen LogP contribution in [0, 0.1) is 0 Å². The number of hydrogen-bond acceptors (Lipinski definition) is 4. The summed E-state index contributed by atoms with van der Waals surface area (Å²) in [5.74, 6) is 0.559. The third-order valence-corrected chi connectivity index (χ3v) is 3.50. The molecule has 0 heterocycles. The van der Waals surface area contributed by atoms with Crippen LogP contribution in [0.4, 0.5) is 0 Å². The second-order valence-corrected chi connectivity index (χ2v) is 5.28. The molecule has 0 aliphatic heterocycles. The van der Waals surface area contributed by atoms with Gasteiger partial charge in [-0.15, -0.1) is 0 Å². The first kappa shape index (κ1) is 16.3. The molecule has 0 radical (unpaired) electrons. The Morgan fingerprint density at radius 2 is 1.91 bits per heavy atom. The van der Waals surface area contributed by atoms with Gasteiger partial charge in [-0.1, -0.05) is 18.2 Å². The maximum Gasteiger partial charge on any atom is 0.307 e. The zero-order chi connectivity index (χ0) is 15.8. The van der Waals surface area contributed by atoms with Crippen molar-refractivity contribution in [3.8, 4) is 5.75 Å². The number of esters is 1.